The zero-order valence-corrected chi connectivity index (χ0v) is 18.4. The molecule has 29 heavy (non-hydrogen) atoms. The summed E-state index contributed by atoms with van der Waals surface area (Å²) in [5.74, 6) is 1.45. The Kier molecular flexibility index (Phi) is 6.10. The highest BCUT2D eigenvalue weighted by Crippen LogP contribution is 2.22. The molecule has 1 amide bonds. The molecule has 0 aliphatic heterocycles. The standard InChI is InChI=1S/C21H33N7O/c1-14-13-17(26-28(14)21(2,3)4)19(29)23-15-7-9-16(10-8-15)24-20-22-12-11-18(25-20)27(5)6/h11-13,15-16H,7-10H2,1-6H3,(H,23,29)(H,22,24,25). The Labute approximate surface area is 173 Å². The fraction of sp³-hybridized carbons (Fsp3) is 0.619. The second kappa shape index (κ2) is 8.39. The predicted molar refractivity (Wildman–Crippen MR) is 115 cm³/mol. The first kappa shape index (κ1) is 21.1. The fourth-order valence-electron chi connectivity index (χ4n) is 3.76. The second-order valence-corrected chi connectivity index (χ2v) is 9.05. The maximum absolute atomic E-state index is 12.7. The maximum Gasteiger partial charge on any atom is 0.272 e. The minimum atomic E-state index is -0.141. The highest BCUT2D eigenvalue weighted by molar-refractivity contribution is 5.92. The Bertz CT molecular complexity index is 845. The summed E-state index contributed by atoms with van der Waals surface area (Å²) in [4.78, 5) is 23.5. The van der Waals surface area contributed by atoms with E-state index < -0.39 is 0 Å². The molecule has 1 saturated carbocycles. The summed E-state index contributed by atoms with van der Waals surface area (Å²) in [6.45, 7) is 8.24. The molecule has 0 radical (unpaired) electrons. The van der Waals surface area contributed by atoms with Gasteiger partial charge >= 0.3 is 0 Å². The monoisotopic (exact) mass is 399 g/mol. The van der Waals surface area contributed by atoms with E-state index in [1.807, 2.05) is 42.7 Å². The minimum absolute atomic E-state index is 0.0884. The summed E-state index contributed by atoms with van der Waals surface area (Å²) in [7, 11) is 3.93. The third kappa shape index (κ3) is 5.25. The van der Waals surface area contributed by atoms with Crippen LogP contribution >= 0.6 is 0 Å². The lowest BCUT2D eigenvalue weighted by atomic mass is 9.91. The molecule has 8 heteroatoms. The van der Waals surface area contributed by atoms with Gasteiger partial charge in [-0.05, 0) is 65.5 Å². The molecule has 0 saturated heterocycles. The minimum Gasteiger partial charge on any atom is -0.363 e. The second-order valence-electron chi connectivity index (χ2n) is 9.05. The lowest BCUT2D eigenvalue weighted by Crippen LogP contribution is -2.40. The van der Waals surface area contributed by atoms with Crippen LogP contribution < -0.4 is 15.5 Å². The van der Waals surface area contributed by atoms with Gasteiger partial charge in [0.1, 0.15) is 11.5 Å². The average Bonchev–Trinajstić information content (AvgIpc) is 3.06. The van der Waals surface area contributed by atoms with Crippen molar-refractivity contribution in [1.82, 2.24) is 25.1 Å². The smallest absolute Gasteiger partial charge is 0.272 e. The van der Waals surface area contributed by atoms with E-state index in [1.165, 1.54) is 0 Å². The number of carbonyl (C=O) groups is 1. The van der Waals surface area contributed by atoms with E-state index in [9.17, 15) is 4.79 Å². The van der Waals surface area contributed by atoms with Crippen LogP contribution in [0.2, 0.25) is 0 Å². The van der Waals surface area contributed by atoms with Crippen LogP contribution in [0.3, 0.4) is 0 Å². The first-order chi connectivity index (χ1) is 13.6. The van der Waals surface area contributed by atoms with Gasteiger partial charge < -0.3 is 15.5 Å². The highest BCUT2D eigenvalue weighted by Gasteiger charge is 2.25. The van der Waals surface area contributed by atoms with Crippen LogP contribution in [-0.2, 0) is 5.54 Å². The molecule has 0 spiro atoms. The van der Waals surface area contributed by atoms with Crippen LogP contribution in [0.1, 0.15) is 62.6 Å². The molecular weight excluding hydrogens is 366 g/mol. The third-order valence-electron chi connectivity index (χ3n) is 5.25. The summed E-state index contributed by atoms with van der Waals surface area (Å²) < 4.78 is 1.91. The van der Waals surface area contributed by atoms with Crippen molar-refractivity contribution in [2.24, 2.45) is 0 Å². The molecule has 0 unspecified atom stereocenters. The van der Waals surface area contributed by atoms with E-state index in [0.29, 0.717) is 17.7 Å². The molecule has 1 aliphatic rings. The van der Waals surface area contributed by atoms with Crippen LogP contribution in [0, 0.1) is 6.92 Å². The number of nitrogens with zero attached hydrogens (tertiary/aromatic N) is 5. The van der Waals surface area contributed by atoms with Gasteiger partial charge in [-0.1, -0.05) is 0 Å². The van der Waals surface area contributed by atoms with Gasteiger partial charge in [0.05, 0.1) is 5.54 Å². The number of nitrogens with one attached hydrogen (secondary N) is 2. The Morgan fingerprint density at radius 3 is 2.41 bits per heavy atom. The molecule has 0 bridgehead atoms. The average molecular weight is 400 g/mol. The van der Waals surface area contributed by atoms with E-state index >= 15 is 0 Å². The van der Waals surface area contributed by atoms with Crippen LogP contribution in [0.4, 0.5) is 11.8 Å². The highest BCUT2D eigenvalue weighted by atomic mass is 16.2. The normalized spacial score (nSPS) is 19.7. The largest absolute Gasteiger partial charge is 0.363 e. The van der Waals surface area contributed by atoms with E-state index in [4.69, 9.17) is 0 Å². The Morgan fingerprint density at radius 2 is 1.83 bits per heavy atom. The van der Waals surface area contributed by atoms with E-state index in [2.05, 4.69) is 46.5 Å². The zero-order chi connectivity index (χ0) is 21.2. The number of aryl methyl sites for hydroxylation is 1. The Morgan fingerprint density at radius 1 is 1.17 bits per heavy atom. The van der Waals surface area contributed by atoms with Gasteiger partial charge in [0, 0.05) is 38.1 Å². The summed E-state index contributed by atoms with van der Waals surface area (Å²) >= 11 is 0. The van der Waals surface area contributed by atoms with Crippen molar-refractivity contribution in [3.63, 3.8) is 0 Å². The topological polar surface area (TPSA) is 88.0 Å². The van der Waals surface area contributed by atoms with Crippen molar-refractivity contribution in [1.29, 1.82) is 0 Å². The first-order valence-corrected chi connectivity index (χ1v) is 10.3. The van der Waals surface area contributed by atoms with Crippen LogP contribution in [0.15, 0.2) is 18.3 Å². The van der Waals surface area contributed by atoms with Gasteiger partial charge in [-0.15, -0.1) is 0 Å². The van der Waals surface area contributed by atoms with Gasteiger partial charge in [-0.3, -0.25) is 9.48 Å². The molecule has 3 rings (SSSR count). The number of anilines is 2. The molecule has 8 nitrogen and oxygen atoms in total. The maximum atomic E-state index is 12.7. The molecular formula is C21H33N7O. The number of carbonyl (C=O) groups excluding carboxylic acids is 1. The lowest BCUT2D eigenvalue weighted by molar-refractivity contribution is 0.0920. The number of hydrogen-bond acceptors (Lipinski definition) is 6. The number of rotatable bonds is 5. The zero-order valence-electron chi connectivity index (χ0n) is 18.4. The summed E-state index contributed by atoms with van der Waals surface area (Å²) in [6, 6.07) is 4.25. The summed E-state index contributed by atoms with van der Waals surface area (Å²) in [5, 5.41) is 11.1. The predicted octanol–water partition coefficient (Wildman–Crippen LogP) is 2.96. The lowest BCUT2D eigenvalue weighted by Gasteiger charge is -2.29. The molecule has 158 valence electrons. The van der Waals surface area contributed by atoms with E-state index in [0.717, 1.165) is 37.2 Å². The van der Waals surface area contributed by atoms with Gasteiger partial charge in [0.25, 0.3) is 5.91 Å². The van der Waals surface area contributed by atoms with E-state index in [-0.39, 0.29) is 17.5 Å². The molecule has 1 aliphatic carbocycles. The first-order valence-electron chi connectivity index (χ1n) is 10.3. The van der Waals surface area contributed by atoms with Gasteiger partial charge in [0.2, 0.25) is 5.95 Å². The molecule has 2 heterocycles. The van der Waals surface area contributed by atoms with Crippen molar-refractivity contribution in [2.45, 2.75) is 71.0 Å². The third-order valence-corrected chi connectivity index (χ3v) is 5.25. The van der Waals surface area contributed by atoms with Crippen molar-refractivity contribution in [3.8, 4) is 0 Å². The Balaban J connectivity index is 1.52. The van der Waals surface area contributed by atoms with Crippen LogP contribution in [0.25, 0.3) is 0 Å². The SMILES string of the molecule is Cc1cc(C(=O)NC2CCC(Nc3nccc(N(C)C)n3)CC2)nn1C(C)(C)C. The number of aromatic nitrogens is 4. The van der Waals surface area contributed by atoms with Crippen molar-refractivity contribution in [2.75, 3.05) is 24.3 Å². The quantitative estimate of drug-likeness (QED) is 0.804. The van der Waals surface area contributed by atoms with E-state index in [1.54, 1.807) is 6.20 Å². The molecule has 0 aromatic carbocycles. The van der Waals surface area contributed by atoms with Gasteiger partial charge in [-0.2, -0.15) is 10.1 Å². The van der Waals surface area contributed by atoms with Gasteiger partial charge in [0.15, 0.2) is 0 Å². The fourth-order valence-corrected chi connectivity index (χ4v) is 3.76. The molecule has 2 aromatic rings. The molecule has 2 aromatic heterocycles. The molecule has 0 atom stereocenters. The van der Waals surface area contributed by atoms with Crippen molar-refractivity contribution in [3.05, 3.63) is 29.7 Å². The molecule has 1 fully saturated rings. The molecule has 2 N–H and O–H groups in total. The van der Waals surface area contributed by atoms with Crippen molar-refractivity contribution < 1.29 is 4.79 Å². The Hall–Kier alpha value is -2.64. The van der Waals surface area contributed by atoms with Crippen LogP contribution in [0.5, 0.6) is 0 Å². The number of hydrogen-bond donors (Lipinski definition) is 2. The number of amides is 1. The van der Waals surface area contributed by atoms with Gasteiger partial charge in [-0.25, -0.2) is 4.98 Å². The summed E-state index contributed by atoms with van der Waals surface area (Å²) in [6.07, 6.45) is 5.56. The summed E-state index contributed by atoms with van der Waals surface area (Å²) in [5.41, 5.74) is 1.35. The van der Waals surface area contributed by atoms with Crippen LogP contribution in [-0.4, -0.2) is 51.8 Å². The van der Waals surface area contributed by atoms with Crippen molar-refractivity contribution >= 4 is 17.7 Å².